The minimum Gasteiger partial charge on any atom is -0.356 e. The molecule has 3 nitrogen and oxygen atoms in total. The van der Waals surface area contributed by atoms with Gasteiger partial charge in [-0.15, -0.1) is 0 Å². The van der Waals surface area contributed by atoms with Gasteiger partial charge in [0.25, 0.3) is 0 Å². The Morgan fingerprint density at radius 1 is 1.60 bits per heavy atom. The fraction of sp³-hybridized carbons (Fsp3) is 0.917. The number of rotatable bonds is 6. The van der Waals surface area contributed by atoms with Crippen LogP contribution in [0.25, 0.3) is 0 Å². The van der Waals surface area contributed by atoms with E-state index < -0.39 is 0 Å². The zero-order valence-corrected chi connectivity index (χ0v) is 10.2. The van der Waals surface area contributed by atoms with E-state index >= 15 is 0 Å². The van der Waals surface area contributed by atoms with Crippen LogP contribution in [0.4, 0.5) is 0 Å². The number of hydrogen-bond acceptors (Lipinski definition) is 2. The molecule has 0 aromatic carbocycles. The standard InChI is InChI=1S/C12H24N2O/c1-4-5-9(7-13)11(15)14-8-10-6-12(10,2)3/h9-10H,4-8,13H2,1-3H3,(H,14,15). The van der Waals surface area contributed by atoms with Gasteiger partial charge in [0.1, 0.15) is 0 Å². The first kappa shape index (κ1) is 12.5. The third-order valence-electron chi connectivity index (χ3n) is 3.53. The molecule has 1 aliphatic carbocycles. The highest BCUT2D eigenvalue weighted by Gasteiger charge is 2.45. The van der Waals surface area contributed by atoms with E-state index in [4.69, 9.17) is 5.73 Å². The van der Waals surface area contributed by atoms with Gasteiger partial charge >= 0.3 is 0 Å². The highest BCUT2D eigenvalue weighted by atomic mass is 16.1. The van der Waals surface area contributed by atoms with Gasteiger partial charge in [-0.25, -0.2) is 0 Å². The molecule has 0 saturated heterocycles. The fourth-order valence-corrected chi connectivity index (χ4v) is 2.00. The summed E-state index contributed by atoms with van der Waals surface area (Å²) in [4.78, 5) is 11.7. The maximum absolute atomic E-state index is 11.7. The predicted molar refractivity (Wildman–Crippen MR) is 62.4 cm³/mol. The fourth-order valence-electron chi connectivity index (χ4n) is 2.00. The Balaban J connectivity index is 2.23. The van der Waals surface area contributed by atoms with E-state index in [9.17, 15) is 4.79 Å². The molecule has 0 spiro atoms. The van der Waals surface area contributed by atoms with Crippen LogP contribution in [-0.4, -0.2) is 19.0 Å². The maximum atomic E-state index is 11.7. The second kappa shape index (κ2) is 4.97. The van der Waals surface area contributed by atoms with Crippen molar-refractivity contribution in [3.63, 3.8) is 0 Å². The molecule has 1 amide bonds. The number of carbonyl (C=O) groups is 1. The van der Waals surface area contributed by atoms with Crippen LogP contribution in [0.3, 0.4) is 0 Å². The van der Waals surface area contributed by atoms with Gasteiger partial charge in [0.15, 0.2) is 0 Å². The van der Waals surface area contributed by atoms with Crippen LogP contribution in [0.1, 0.15) is 40.0 Å². The summed E-state index contributed by atoms with van der Waals surface area (Å²) in [6, 6.07) is 0. The third-order valence-corrected chi connectivity index (χ3v) is 3.53. The highest BCUT2D eigenvalue weighted by Crippen LogP contribution is 2.50. The van der Waals surface area contributed by atoms with Crippen LogP contribution in [0.5, 0.6) is 0 Å². The number of nitrogens with two attached hydrogens (primary N) is 1. The molecule has 15 heavy (non-hydrogen) atoms. The largest absolute Gasteiger partial charge is 0.356 e. The Morgan fingerprint density at radius 2 is 2.20 bits per heavy atom. The number of nitrogens with one attached hydrogen (secondary N) is 1. The lowest BCUT2D eigenvalue weighted by Crippen LogP contribution is -2.36. The first-order valence-electron chi connectivity index (χ1n) is 5.99. The Morgan fingerprint density at radius 3 is 2.60 bits per heavy atom. The second-order valence-electron chi connectivity index (χ2n) is 5.36. The molecular formula is C12H24N2O. The smallest absolute Gasteiger partial charge is 0.224 e. The summed E-state index contributed by atoms with van der Waals surface area (Å²) in [5.74, 6) is 0.820. The maximum Gasteiger partial charge on any atom is 0.224 e. The van der Waals surface area contributed by atoms with Crippen molar-refractivity contribution in [3.8, 4) is 0 Å². The van der Waals surface area contributed by atoms with E-state index in [2.05, 4.69) is 26.1 Å². The van der Waals surface area contributed by atoms with Gasteiger partial charge in [-0.05, 0) is 24.2 Å². The van der Waals surface area contributed by atoms with Crippen molar-refractivity contribution in [2.45, 2.75) is 40.0 Å². The minimum atomic E-state index is 0.0110. The molecule has 1 rings (SSSR count). The van der Waals surface area contributed by atoms with Gasteiger partial charge in [0.2, 0.25) is 5.91 Å². The summed E-state index contributed by atoms with van der Waals surface area (Å²) in [5, 5.41) is 3.02. The van der Waals surface area contributed by atoms with Crippen molar-refractivity contribution in [2.75, 3.05) is 13.1 Å². The SMILES string of the molecule is CCCC(CN)C(=O)NCC1CC1(C)C. The summed E-state index contributed by atoms with van der Waals surface area (Å²) in [6.07, 6.45) is 3.15. The van der Waals surface area contributed by atoms with E-state index in [1.807, 2.05) is 0 Å². The lowest BCUT2D eigenvalue weighted by molar-refractivity contribution is -0.125. The van der Waals surface area contributed by atoms with Crippen molar-refractivity contribution in [1.82, 2.24) is 5.32 Å². The van der Waals surface area contributed by atoms with Crippen molar-refractivity contribution < 1.29 is 4.79 Å². The normalized spacial score (nSPS) is 24.7. The van der Waals surface area contributed by atoms with Gasteiger partial charge in [-0.1, -0.05) is 27.2 Å². The monoisotopic (exact) mass is 212 g/mol. The third kappa shape index (κ3) is 3.49. The first-order chi connectivity index (χ1) is 7.01. The van der Waals surface area contributed by atoms with Crippen molar-refractivity contribution >= 4 is 5.91 Å². The van der Waals surface area contributed by atoms with Gasteiger partial charge in [-0.2, -0.15) is 0 Å². The van der Waals surface area contributed by atoms with Crippen LogP contribution >= 0.6 is 0 Å². The Kier molecular flexibility index (Phi) is 4.14. The molecule has 2 atom stereocenters. The average Bonchev–Trinajstić information content (AvgIpc) is 2.79. The number of hydrogen-bond donors (Lipinski definition) is 2. The first-order valence-corrected chi connectivity index (χ1v) is 5.99. The van der Waals surface area contributed by atoms with Crippen molar-refractivity contribution in [2.24, 2.45) is 23.0 Å². The minimum absolute atomic E-state index is 0.0110. The highest BCUT2D eigenvalue weighted by molar-refractivity contribution is 5.78. The zero-order chi connectivity index (χ0) is 11.5. The summed E-state index contributed by atoms with van der Waals surface area (Å²) in [7, 11) is 0. The van der Waals surface area contributed by atoms with E-state index in [0.29, 0.717) is 17.9 Å². The number of amides is 1. The van der Waals surface area contributed by atoms with Gasteiger partial charge in [-0.3, -0.25) is 4.79 Å². The molecule has 3 heteroatoms. The Hall–Kier alpha value is -0.570. The van der Waals surface area contributed by atoms with Gasteiger partial charge in [0, 0.05) is 13.1 Å². The molecule has 3 N–H and O–H groups in total. The molecule has 1 aliphatic rings. The second-order valence-corrected chi connectivity index (χ2v) is 5.36. The molecule has 88 valence electrons. The van der Waals surface area contributed by atoms with Gasteiger partial charge in [0.05, 0.1) is 5.92 Å². The molecule has 2 unspecified atom stereocenters. The quantitative estimate of drug-likeness (QED) is 0.701. The van der Waals surface area contributed by atoms with Crippen LogP contribution in [0.2, 0.25) is 0 Å². The lowest BCUT2D eigenvalue weighted by atomic mass is 10.0. The van der Waals surface area contributed by atoms with Crippen LogP contribution in [0.15, 0.2) is 0 Å². The summed E-state index contributed by atoms with van der Waals surface area (Å²) in [6.45, 7) is 7.87. The van der Waals surface area contributed by atoms with Crippen LogP contribution in [0, 0.1) is 17.3 Å². The Labute approximate surface area is 92.8 Å². The molecule has 1 saturated carbocycles. The molecule has 0 heterocycles. The molecule has 0 aliphatic heterocycles. The van der Waals surface area contributed by atoms with Crippen molar-refractivity contribution in [3.05, 3.63) is 0 Å². The van der Waals surface area contributed by atoms with E-state index in [0.717, 1.165) is 19.4 Å². The summed E-state index contributed by atoms with van der Waals surface area (Å²) >= 11 is 0. The van der Waals surface area contributed by atoms with E-state index in [-0.39, 0.29) is 11.8 Å². The van der Waals surface area contributed by atoms with Gasteiger partial charge < -0.3 is 11.1 Å². The van der Waals surface area contributed by atoms with Crippen molar-refractivity contribution in [1.29, 1.82) is 0 Å². The van der Waals surface area contributed by atoms with Crippen LogP contribution in [-0.2, 0) is 4.79 Å². The number of carbonyl (C=O) groups excluding carboxylic acids is 1. The molecule has 1 fully saturated rings. The summed E-state index contributed by atoms with van der Waals surface area (Å²) in [5.41, 5.74) is 6.01. The molecule has 0 bridgehead atoms. The van der Waals surface area contributed by atoms with Crippen LogP contribution < -0.4 is 11.1 Å². The predicted octanol–water partition coefficient (Wildman–Crippen LogP) is 1.52. The average molecular weight is 212 g/mol. The lowest BCUT2D eigenvalue weighted by Gasteiger charge is -2.14. The molecule has 0 aromatic rings. The van der Waals surface area contributed by atoms with E-state index in [1.165, 1.54) is 6.42 Å². The Bertz CT molecular complexity index is 226. The molecule has 0 aromatic heterocycles. The topological polar surface area (TPSA) is 55.1 Å². The molecule has 0 radical (unpaired) electrons. The molecular weight excluding hydrogens is 188 g/mol. The summed E-state index contributed by atoms with van der Waals surface area (Å²) < 4.78 is 0. The van der Waals surface area contributed by atoms with E-state index in [1.54, 1.807) is 0 Å². The zero-order valence-electron chi connectivity index (χ0n) is 10.2.